The van der Waals surface area contributed by atoms with E-state index < -0.39 is 0 Å². The average Bonchev–Trinajstić information content (AvgIpc) is 3.26. The van der Waals surface area contributed by atoms with Crippen molar-refractivity contribution in [2.75, 3.05) is 41.2 Å². The van der Waals surface area contributed by atoms with Gasteiger partial charge in [0.25, 0.3) is 0 Å². The van der Waals surface area contributed by atoms with Gasteiger partial charge in [0.2, 0.25) is 0 Å². The summed E-state index contributed by atoms with van der Waals surface area (Å²) in [5, 5.41) is 8.10. The molecule has 2 heterocycles. The molecule has 1 aliphatic rings. The zero-order chi connectivity index (χ0) is 23.2. The summed E-state index contributed by atoms with van der Waals surface area (Å²) < 4.78 is 5.02. The van der Waals surface area contributed by atoms with E-state index in [1.165, 1.54) is 11.7 Å². The van der Waals surface area contributed by atoms with Gasteiger partial charge in [-0.1, -0.05) is 41.7 Å². The van der Waals surface area contributed by atoms with Crippen LogP contribution in [0.3, 0.4) is 0 Å². The molecule has 4 rings (SSSR count). The molecule has 0 unspecified atom stereocenters. The Kier molecular flexibility index (Phi) is 14.2. The third-order valence-electron chi connectivity index (χ3n) is 4.40. The summed E-state index contributed by atoms with van der Waals surface area (Å²) in [4.78, 5) is 6.15. The smallest absolute Gasteiger partial charge is 0.688 e. The fraction of sp³-hybridized carbons (Fsp3) is 0.269. The second-order valence-corrected chi connectivity index (χ2v) is 10.1. The van der Waals surface area contributed by atoms with E-state index in [9.17, 15) is 0 Å². The van der Waals surface area contributed by atoms with Crippen molar-refractivity contribution in [3.63, 3.8) is 0 Å². The van der Waals surface area contributed by atoms with E-state index >= 15 is 0 Å². The number of hydrogen-bond acceptors (Lipinski definition) is 3. The molecule has 0 saturated heterocycles. The van der Waals surface area contributed by atoms with Crippen molar-refractivity contribution in [1.82, 2.24) is 9.88 Å². The van der Waals surface area contributed by atoms with Gasteiger partial charge in [-0.3, -0.25) is 0 Å². The van der Waals surface area contributed by atoms with E-state index in [-0.39, 0.29) is 29.0 Å². The molecule has 3 aromatic rings. The summed E-state index contributed by atoms with van der Waals surface area (Å²) in [6.07, 6.45) is 5.80. The summed E-state index contributed by atoms with van der Waals surface area (Å²) in [6, 6.07) is 25.0. The molecular weight excluding hydrogens is 610 g/mol. The summed E-state index contributed by atoms with van der Waals surface area (Å²) in [5.74, 6) is 0. The topological polar surface area (TPSA) is 53.6 Å². The molecule has 0 bridgehead atoms. The first kappa shape index (κ1) is 28.7. The summed E-state index contributed by atoms with van der Waals surface area (Å²) in [7, 11) is 5.37. The van der Waals surface area contributed by atoms with E-state index in [0.29, 0.717) is 6.73 Å². The minimum absolute atomic E-state index is 0. The van der Waals surface area contributed by atoms with Crippen LogP contribution in [0.5, 0.6) is 0 Å². The van der Waals surface area contributed by atoms with Crippen molar-refractivity contribution >= 4 is 25.0 Å². The second-order valence-electron chi connectivity index (χ2n) is 7.34. The Morgan fingerprint density at radius 3 is 2.06 bits per heavy atom. The Morgan fingerprint density at radius 2 is 1.61 bits per heavy atom. The zero-order valence-electron chi connectivity index (χ0n) is 19.9. The molecule has 0 atom stereocenters. The van der Waals surface area contributed by atoms with Crippen molar-refractivity contribution in [3.8, 4) is 0 Å². The molecule has 2 aromatic carbocycles. The van der Waals surface area contributed by atoms with Crippen molar-refractivity contribution in [2.45, 2.75) is 6.16 Å². The Bertz CT molecular complexity index is 916. The molecule has 5 nitrogen and oxygen atoms in total. The van der Waals surface area contributed by atoms with Crippen LogP contribution in [0.2, 0.25) is 0 Å². The number of benzene rings is 2. The predicted molar refractivity (Wildman–Crippen MR) is 138 cm³/mol. The summed E-state index contributed by atoms with van der Waals surface area (Å²) >= 11 is 0. The van der Waals surface area contributed by atoms with Gasteiger partial charge in [-0.25, -0.2) is 0 Å². The van der Waals surface area contributed by atoms with Crippen LogP contribution in [0.4, 0.5) is 11.4 Å². The first-order valence-electron chi connectivity index (χ1n) is 10.5. The molecule has 1 aromatic heterocycles. The molecule has 0 spiro atoms. The van der Waals surface area contributed by atoms with Gasteiger partial charge in [0.1, 0.15) is 6.73 Å². The van der Waals surface area contributed by atoms with E-state index in [2.05, 4.69) is 53.4 Å². The largest absolute Gasteiger partial charge is 4.00 e. The van der Waals surface area contributed by atoms with Crippen LogP contribution in [0.25, 0.3) is 16.3 Å². The molecule has 1 aliphatic heterocycles. The molecule has 7 heteroatoms. The summed E-state index contributed by atoms with van der Waals surface area (Å²) in [5.41, 5.74) is 5.07. The molecule has 0 N–H and O–H groups in total. The Morgan fingerprint density at radius 1 is 0.970 bits per heavy atom. The number of ether oxygens (including phenoxy) is 1. The number of nitrogens with zero attached hydrogens (tertiary/aromatic N) is 4. The van der Waals surface area contributed by atoms with Gasteiger partial charge in [-0.2, -0.15) is 41.7 Å². The van der Waals surface area contributed by atoms with E-state index in [0.717, 1.165) is 22.8 Å². The standard InChI is InChI=1S/C9H9N2O.C9H12P.C8H10N2.Pt/c1-11-7-12-6-9(11)8-4-2-3-5-10-8;1-10(2)8-9-6-4-3-5-7-9;1-9-7-5-3-4-6-8(7)10-2;/h2-5H,7H2,1H3;3-6H,8H2,1-2H3;3-6H,1-2H3;/q2*-1;-2;+4/p+1. The molecule has 0 radical (unpaired) electrons. The number of hydrogen-bond donors (Lipinski definition) is 0. The normalized spacial score (nSPS) is 11.6. The first-order chi connectivity index (χ1) is 15.5. The van der Waals surface area contributed by atoms with Gasteiger partial charge in [-0.15, -0.1) is 25.7 Å². The van der Waals surface area contributed by atoms with Gasteiger partial charge in [0.15, 0.2) is 0 Å². The Labute approximate surface area is 214 Å². The van der Waals surface area contributed by atoms with Crippen molar-refractivity contribution in [2.24, 2.45) is 0 Å². The van der Waals surface area contributed by atoms with Crippen molar-refractivity contribution < 1.29 is 25.8 Å². The average molecular weight is 643 g/mol. The molecule has 0 aliphatic carbocycles. The Hall–Kier alpha value is -2.35. The third kappa shape index (κ3) is 10.4. The van der Waals surface area contributed by atoms with Crippen LogP contribution in [0, 0.1) is 12.3 Å². The van der Waals surface area contributed by atoms with Crippen molar-refractivity contribution in [1.29, 1.82) is 0 Å². The van der Waals surface area contributed by atoms with Crippen molar-refractivity contribution in [3.05, 3.63) is 107 Å². The molecule has 0 amide bonds. The zero-order valence-corrected chi connectivity index (χ0v) is 23.1. The van der Waals surface area contributed by atoms with Crippen LogP contribution in [-0.4, -0.2) is 51.1 Å². The molecule has 0 fully saturated rings. The maximum Gasteiger partial charge on any atom is 4.00 e. The number of para-hydroxylation sites is 2. The summed E-state index contributed by atoms with van der Waals surface area (Å²) in [6.45, 7) is 5.21. The van der Waals surface area contributed by atoms with Crippen LogP contribution in [0.15, 0.2) is 72.9 Å². The minimum Gasteiger partial charge on any atom is -0.688 e. The van der Waals surface area contributed by atoms with Gasteiger partial charge in [0, 0.05) is 26.6 Å². The fourth-order valence-electron chi connectivity index (χ4n) is 2.85. The minimum atomic E-state index is -0.118. The van der Waals surface area contributed by atoms with Gasteiger partial charge in [0.05, 0.1) is 6.16 Å². The van der Waals surface area contributed by atoms with E-state index in [1.54, 1.807) is 20.3 Å². The quantitative estimate of drug-likeness (QED) is 0.236. The Balaban J connectivity index is 0.000000246. The van der Waals surface area contributed by atoms with E-state index in [1.807, 2.05) is 66.5 Å². The molecule has 176 valence electrons. The number of aromatic nitrogens is 1. The third-order valence-corrected chi connectivity index (χ3v) is 5.49. The van der Waals surface area contributed by atoms with Gasteiger partial charge < -0.3 is 25.3 Å². The number of rotatable bonds is 5. The predicted octanol–water partition coefficient (Wildman–Crippen LogP) is 6.52. The van der Waals surface area contributed by atoms with Crippen LogP contribution >= 0.6 is 7.92 Å². The number of pyridine rings is 1. The molecular formula is C26H32N4OPPt+. The maximum absolute atomic E-state index is 5.02. The van der Waals surface area contributed by atoms with Gasteiger partial charge >= 0.3 is 21.1 Å². The second kappa shape index (κ2) is 16.3. The van der Waals surface area contributed by atoms with Crippen LogP contribution < -0.4 is 0 Å². The fourth-order valence-corrected chi connectivity index (χ4v) is 3.84. The van der Waals surface area contributed by atoms with Crippen LogP contribution in [-0.2, 0) is 32.0 Å². The van der Waals surface area contributed by atoms with E-state index in [4.69, 9.17) is 4.74 Å². The molecule has 0 saturated carbocycles. The molecule has 33 heavy (non-hydrogen) atoms. The van der Waals surface area contributed by atoms with Gasteiger partial charge in [-0.05, 0) is 20.3 Å². The first-order valence-corrected chi connectivity index (χ1v) is 13.2. The SMILES string of the molecule is CN1CO[C-]=C1c1ccccn1.C[N-]c1ccccc1[N-]C.C[PH+](C)Cc1[c-]cccc1.[Pt+4]. The monoisotopic (exact) mass is 642 g/mol. The van der Waals surface area contributed by atoms with Crippen LogP contribution in [0.1, 0.15) is 11.3 Å². The maximum atomic E-state index is 5.02.